The summed E-state index contributed by atoms with van der Waals surface area (Å²) < 4.78 is 5.20. The fraction of sp³-hybridized carbons (Fsp3) is 0.312. The molecule has 4 heteroatoms. The Bertz CT molecular complexity index is 650. The van der Waals surface area contributed by atoms with Crippen molar-refractivity contribution in [1.82, 2.24) is 4.90 Å². The van der Waals surface area contributed by atoms with Crippen molar-refractivity contribution in [3.8, 4) is 0 Å². The van der Waals surface area contributed by atoms with Crippen molar-refractivity contribution in [2.75, 3.05) is 13.1 Å². The summed E-state index contributed by atoms with van der Waals surface area (Å²) in [7, 11) is 0. The van der Waals surface area contributed by atoms with Crippen LogP contribution in [-0.4, -0.2) is 23.9 Å². The van der Waals surface area contributed by atoms with Crippen molar-refractivity contribution in [2.45, 2.75) is 11.8 Å². The van der Waals surface area contributed by atoms with E-state index in [0.29, 0.717) is 11.7 Å². The van der Waals surface area contributed by atoms with Gasteiger partial charge in [0.2, 0.25) is 0 Å². The van der Waals surface area contributed by atoms with Crippen molar-refractivity contribution in [3.63, 3.8) is 0 Å². The van der Waals surface area contributed by atoms with Gasteiger partial charge in [0.25, 0.3) is 5.91 Å². The summed E-state index contributed by atoms with van der Waals surface area (Å²) >= 11 is 5.95. The van der Waals surface area contributed by atoms with Crippen molar-refractivity contribution < 1.29 is 9.21 Å². The SMILES string of the molecule is O=C(c1ccco1)N1CC2CC2(c2ccc(Cl)cc2)C1. The molecule has 1 amide bonds. The molecule has 2 fully saturated rings. The Balaban J connectivity index is 1.57. The third-order valence-electron chi connectivity index (χ3n) is 4.58. The first-order chi connectivity index (χ1) is 9.69. The zero-order chi connectivity index (χ0) is 13.7. The molecular weight excluding hydrogens is 274 g/mol. The lowest BCUT2D eigenvalue weighted by Crippen LogP contribution is -2.32. The van der Waals surface area contributed by atoms with Crippen LogP contribution in [0.3, 0.4) is 0 Å². The van der Waals surface area contributed by atoms with E-state index >= 15 is 0 Å². The zero-order valence-electron chi connectivity index (χ0n) is 10.9. The highest BCUT2D eigenvalue weighted by molar-refractivity contribution is 6.30. The predicted octanol–water partition coefficient (Wildman–Crippen LogP) is 3.35. The molecule has 2 aromatic rings. The van der Waals surface area contributed by atoms with Crippen LogP contribution >= 0.6 is 11.6 Å². The van der Waals surface area contributed by atoms with Crippen LogP contribution < -0.4 is 0 Å². The number of likely N-dealkylation sites (tertiary alicyclic amines) is 1. The lowest BCUT2D eigenvalue weighted by Gasteiger charge is -2.20. The summed E-state index contributed by atoms with van der Waals surface area (Å²) in [6, 6.07) is 11.5. The van der Waals surface area contributed by atoms with E-state index in [1.54, 1.807) is 18.4 Å². The third kappa shape index (κ3) is 1.70. The average molecular weight is 288 g/mol. The number of fused-ring (bicyclic) bond motifs is 1. The maximum atomic E-state index is 12.3. The molecule has 1 saturated heterocycles. The number of hydrogen-bond acceptors (Lipinski definition) is 2. The molecule has 1 aliphatic heterocycles. The Kier molecular flexibility index (Phi) is 2.48. The van der Waals surface area contributed by atoms with Gasteiger partial charge in [-0.05, 0) is 42.2 Å². The van der Waals surface area contributed by atoms with E-state index in [9.17, 15) is 4.79 Å². The quantitative estimate of drug-likeness (QED) is 0.849. The Morgan fingerprint density at radius 3 is 2.80 bits per heavy atom. The van der Waals surface area contributed by atoms with Gasteiger partial charge in [0.1, 0.15) is 0 Å². The van der Waals surface area contributed by atoms with Gasteiger partial charge in [-0.15, -0.1) is 0 Å². The molecular formula is C16H14ClNO2. The smallest absolute Gasteiger partial charge is 0.289 e. The number of benzene rings is 1. The minimum absolute atomic E-state index is 0.00413. The molecule has 2 aliphatic rings. The molecule has 3 nitrogen and oxygen atoms in total. The molecule has 0 N–H and O–H groups in total. The van der Waals surface area contributed by atoms with Gasteiger partial charge < -0.3 is 9.32 Å². The molecule has 1 aromatic carbocycles. The normalized spacial score (nSPS) is 27.4. The Labute approximate surface area is 122 Å². The summed E-state index contributed by atoms with van der Waals surface area (Å²) in [5.74, 6) is 0.996. The number of furan rings is 1. The summed E-state index contributed by atoms with van der Waals surface area (Å²) in [6.45, 7) is 1.60. The zero-order valence-corrected chi connectivity index (χ0v) is 11.6. The van der Waals surface area contributed by atoms with Gasteiger partial charge in [0.05, 0.1) is 6.26 Å². The van der Waals surface area contributed by atoms with Crippen molar-refractivity contribution >= 4 is 17.5 Å². The lowest BCUT2D eigenvalue weighted by atomic mass is 9.95. The molecule has 0 radical (unpaired) electrons. The summed E-state index contributed by atoms with van der Waals surface area (Å²) in [6.07, 6.45) is 2.70. The van der Waals surface area contributed by atoms with Crippen molar-refractivity contribution in [3.05, 3.63) is 59.0 Å². The molecule has 2 unspecified atom stereocenters. The van der Waals surface area contributed by atoms with E-state index in [-0.39, 0.29) is 11.3 Å². The van der Waals surface area contributed by atoms with Crippen LogP contribution in [0.1, 0.15) is 22.5 Å². The van der Waals surface area contributed by atoms with Crippen LogP contribution in [0, 0.1) is 5.92 Å². The first kappa shape index (κ1) is 12.0. The number of carbonyl (C=O) groups excluding carboxylic acids is 1. The van der Waals surface area contributed by atoms with E-state index in [1.165, 1.54) is 5.56 Å². The first-order valence-electron chi connectivity index (χ1n) is 6.78. The van der Waals surface area contributed by atoms with Gasteiger partial charge in [0, 0.05) is 23.5 Å². The summed E-state index contributed by atoms with van der Waals surface area (Å²) in [5, 5.41) is 0.754. The molecule has 0 spiro atoms. The molecule has 2 heterocycles. The van der Waals surface area contributed by atoms with Crippen LogP contribution in [0.15, 0.2) is 47.1 Å². The minimum Gasteiger partial charge on any atom is -0.459 e. The maximum Gasteiger partial charge on any atom is 0.289 e. The van der Waals surface area contributed by atoms with Crippen LogP contribution in [0.2, 0.25) is 5.02 Å². The van der Waals surface area contributed by atoms with Crippen LogP contribution in [0.5, 0.6) is 0 Å². The average Bonchev–Trinajstić information content (AvgIpc) is 2.87. The van der Waals surface area contributed by atoms with Crippen LogP contribution in [0.25, 0.3) is 0 Å². The number of hydrogen-bond donors (Lipinski definition) is 0. The number of carbonyl (C=O) groups is 1. The van der Waals surface area contributed by atoms with E-state index in [2.05, 4.69) is 12.1 Å². The molecule has 1 aromatic heterocycles. The lowest BCUT2D eigenvalue weighted by molar-refractivity contribution is 0.0740. The fourth-order valence-corrected chi connectivity index (χ4v) is 3.55. The topological polar surface area (TPSA) is 33.5 Å². The van der Waals surface area contributed by atoms with E-state index in [4.69, 9.17) is 16.0 Å². The summed E-state index contributed by atoms with van der Waals surface area (Å²) in [4.78, 5) is 14.2. The first-order valence-corrected chi connectivity index (χ1v) is 7.16. The van der Waals surface area contributed by atoms with Gasteiger partial charge in [-0.25, -0.2) is 0 Å². The number of nitrogens with zero attached hydrogens (tertiary/aromatic N) is 1. The largest absolute Gasteiger partial charge is 0.459 e. The monoisotopic (exact) mass is 287 g/mol. The Morgan fingerprint density at radius 1 is 1.30 bits per heavy atom. The number of piperidine rings is 1. The van der Waals surface area contributed by atoms with Crippen LogP contribution in [-0.2, 0) is 5.41 Å². The van der Waals surface area contributed by atoms with E-state index < -0.39 is 0 Å². The Hall–Kier alpha value is -1.74. The fourth-order valence-electron chi connectivity index (χ4n) is 3.42. The number of halogens is 1. The van der Waals surface area contributed by atoms with Gasteiger partial charge >= 0.3 is 0 Å². The summed E-state index contributed by atoms with van der Waals surface area (Å²) in [5.41, 5.74) is 1.44. The second kappa shape index (κ2) is 4.13. The molecule has 102 valence electrons. The van der Waals surface area contributed by atoms with Crippen LogP contribution in [0.4, 0.5) is 0 Å². The highest BCUT2D eigenvalue weighted by Gasteiger charge is 2.61. The van der Waals surface area contributed by atoms with Gasteiger partial charge in [0.15, 0.2) is 5.76 Å². The highest BCUT2D eigenvalue weighted by Crippen LogP contribution is 2.59. The Morgan fingerprint density at radius 2 is 2.10 bits per heavy atom. The van der Waals surface area contributed by atoms with Gasteiger partial charge in [-0.1, -0.05) is 23.7 Å². The maximum absolute atomic E-state index is 12.3. The van der Waals surface area contributed by atoms with E-state index in [0.717, 1.165) is 24.5 Å². The molecule has 4 rings (SSSR count). The predicted molar refractivity (Wildman–Crippen MR) is 75.8 cm³/mol. The van der Waals surface area contributed by atoms with Crippen molar-refractivity contribution in [1.29, 1.82) is 0 Å². The highest BCUT2D eigenvalue weighted by atomic mass is 35.5. The molecule has 1 aliphatic carbocycles. The van der Waals surface area contributed by atoms with Gasteiger partial charge in [-0.3, -0.25) is 4.79 Å². The standard InChI is InChI=1S/C16H14ClNO2/c17-13-5-3-11(4-6-13)16-8-12(16)9-18(10-16)15(19)14-2-1-7-20-14/h1-7,12H,8-10H2. The molecule has 0 bridgehead atoms. The van der Waals surface area contributed by atoms with E-state index in [1.807, 2.05) is 17.0 Å². The molecule has 1 saturated carbocycles. The second-order valence-corrected chi connectivity index (χ2v) is 6.16. The minimum atomic E-state index is -0.00413. The second-order valence-electron chi connectivity index (χ2n) is 5.73. The molecule has 2 atom stereocenters. The third-order valence-corrected chi connectivity index (χ3v) is 4.84. The number of amides is 1. The number of rotatable bonds is 2. The van der Waals surface area contributed by atoms with Crippen molar-refractivity contribution in [2.24, 2.45) is 5.92 Å². The molecule has 20 heavy (non-hydrogen) atoms. The van der Waals surface area contributed by atoms with Gasteiger partial charge in [-0.2, -0.15) is 0 Å².